The first-order chi connectivity index (χ1) is 9.61. The van der Waals surface area contributed by atoms with Crippen molar-refractivity contribution in [3.8, 4) is 11.8 Å². The third kappa shape index (κ3) is 3.19. The Morgan fingerprint density at radius 1 is 1.45 bits per heavy atom. The highest BCUT2D eigenvalue weighted by atomic mass is 32.1. The van der Waals surface area contributed by atoms with E-state index in [0.29, 0.717) is 11.6 Å². The number of carbonyl (C=O) groups is 1. The van der Waals surface area contributed by atoms with E-state index >= 15 is 0 Å². The fourth-order valence-electron chi connectivity index (χ4n) is 1.72. The highest BCUT2D eigenvalue weighted by Crippen LogP contribution is 2.19. The molecule has 0 aliphatic heterocycles. The predicted molar refractivity (Wildman–Crippen MR) is 75.7 cm³/mol. The van der Waals surface area contributed by atoms with Gasteiger partial charge in [-0.05, 0) is 31.2 Å². The van der Waals surface area contributed by atoms with Crippen molar-refractivity contribution in [1.29, 1.82) is 5.26 Å². The summed E-state index contributed by atoms with van der Waals surface area (Å²) in [5.41, 5.74) is 0. The SMILES string of the molecule is CC(Oc1ccc(S)cc1)C(=O)C(C#N)c1ncc[nH]1. The Morgan fingerprint density at radius 3 is 2.70 bits per heavy atom. The first-order valence-corrected chi connectivity index (χ1v) is 6.45. The number of Topliss-reactive ketones (excluding diaryl/α,β-unsaturated/α-hetero) is 1. The van der Waals surface area contributed by atoms with Crippen LogP contribution in [0.2, 0.25) is 0 Å². The maximum Gasteiger partial charge on any atom is 0.197 e. The number of aromatic nitrogens is 2. The second-order valence-corrected chi connectivity index (χ2v) is 4.71. The average molecular weight is 287 g/mol. The number of hydrogen-bond acceptors (Lipinski definition) is 5. The summed E-state index contributed by atoms with van der Waals surface area (Å²) in [6, 6.07) is 8.93. The largest absolute Gasteiger partial charge is 0.483 e. The summed E-state index contributed by atoms with van der Waals surface area (Å²) in [5, 5.41) is 9.12. The minimum atomic E-state index is -0.954. The topological polar surface area (TPSA) is 78.8 Å². The quantitative estimate of drug-likeness (QED) is 0.827. The van der Waals surface area contributed by atoms with Crippen LogP contribution in [0.3, 0.4) is 0 Å². The molecule has 0 radical (unpaired) electrons. The van der Waals surface area contributed by atoms with Gasteiger partial charge < -0.3 is 9.72 Å². The number of H-pyrrole nitrogens is 1. The highest BCUT2D eigenvalue weighted by molar-refractivity contribution is 7.80. The molecule has 1 N–H and O–H groups in total. The molecule has 0 spiro atoms. The lowest BCUT2D eigenvalue weighted by molar-refractivity contribution is -0.125. The van der Waals surface area contributed by atoms with Gasteiger partial charge in [0.05, 0.1) is 6.07 Å². The molecule has 102 valence electrons. The molecule has 6 heteroatoms. The Hall–Kier alpha value is -2.26. The number of ketones is 1. The van der Waals surface area contributed by atoms with Crippen molar-refractivity contribution in [2.75, 3.05) is 0 Å². The zero-order valence-electron chi connectivity index (χ0n) is 10.8. The molecule has 2 atom stereocenters. The van der Waals surface area contributed by atoms with Crippen molar-refractivity contribution in [1.82, 2.24) is 9.97 Å². The van der Waals surface area contributed by atoms with E-state index < -0.39 is 12.0 Å². The summed E-state index contributed by atoms with van der Waals surface area (Å²) >= 11 is 4.17. The minimum absolute atomic E-state index is 0.332. The molecule has 1 heterocycles. The van der Waals surface area contributed by atoms with Gasteiger partial charge in [0.25, 0.3) is 0 Å². The minimum Gasteiger partial charge on any atom is -0.483 e. The summed E-state index contributed by atoms with van der Waals surface area (Å²) in [4.78, 5) is 19.7. The second-order valence-electron chi connectivity index (χ2n) is 4.19. The molecule has 0 saturated carbocycles. The first kappa shape index (κ1) is 14.2. The van der Waals surface area contributed by atoms with Crippen molar-refractivity contribution in [2.24, 2.45) is 0 Å². The van der Waals surface area contributed by atoms with Crippen LogP contribution >= 0.6 is 12.6 Å². The van der Waals surface area contributed by atoms with Crippen LogP contribution in [0.5, 0.6) is 5.75 Å². The van der Waals surface area contributed by atoms with Crippen LogP contribution in [0.25, 0.3) is 0 Å². The van der Waals surface area contributed by atoms with Crippen molar-refractivity contribution in [2.45, 2.75) is 23.8 Å². The molecular weight excluding hydrogens is 274 g/mol. The normalized spacial score (nSPS) is 13.2. The molecule has 2 rings (SSSR count). The van der Waals surface area contributed by atoms with Crippen molar-refractivity contribution < 1.29 is 9.53 Å². The Morgan fingerprint density at radius 2 is 2.15 bits per heavy atom. The van der Waals surface area contributed by atoms with Gasteiger partial charge in [0.15, 0.2) is 17.8 Å². The monoisotopic (exact) mass is 287 g/mol. The van der Waals surface area contributed by atoms with E-state index in [1.807, 2.05) is 6.07 Å². The number of thiol groups is 1. The zero-order valence-corrected chi connectivity index (χ0v) is 11.7. The van der Waals surface area contributed by atoms with Gasteiger partial charge in [-0.2, -0.15) is 5.26 Å². The Kier molecular flexibility index (Phi) is 4.43. The average Bonchev–Trinajstić information content (AvgIpc) is 2.96. The third-order valence-electron chi connectivity index (χ3n) is 2.76. The van der Waals surface area contributed by atoms with E-state index in [9.17, 15) is 4.79 Å². The predicted octanol–water partition coefficient (Wildman–Crippen LogP) is 2.34. The number of benzene rings is 1. The molecule has 0 bridgehead atoms. The second kappa shape index (κ2) is 6.26. The van der Waals surface area contributed by atoms with Gasteiger partial charge in [0.1, 0.15) is 11.6 Å². The number of imidazole rings is 1. The van der Waals surface area contributed by atoms with Crippen LogP contribution in [0.1, 0.15) is 18.7 Å². The number of nitrogens with one attached hydrogen (secondary N) is 1. The molecule has 0 aliphatic rings. The number of nitriles is 1. The van der Waals surface area contributed by atoms with E-state index in [0.717, 1.165) is 4.90 Å². The molecule has 0 aliphatic carbocycles. The van der Waals surface area contributed by atoms with Crippen molar-refractivity contribution in [3.63, 3.8) is 0 Å². The molecule has 20 heavy (non-hydrogen) atoms. The molecule has 0 fully saturated rings. The summed E-state index contributed by atoms with van der Waals surface area (Å²) < 4.78 is 5.54. The number of hydrogen-bond donors (Lipinski definition) is 2. The maximum atomic E-state index is 12.2. The summed E-state index contributed by atoms with van der Waals surface area (Å²) in [5.74, 6) is -0.403. The maximum absolute atomic E-state index is 12.2. The first-order valence-electron chi connectivity index (χ1n) is 6.00. The summed E-state index contributed by atoms with van der Waals surface area (Å²) in [6.45, 7) is 1.62. The molecule has 1 aromatic carbocycles. The lowest BCUT2D eigenvalue weighted by Crippen LogP contribution is -2.29. The van der Waals surface area contributed by atoms with E-state index in [4.69, 9.17) is 10.00 Å². The van der Waals surface area contributed by atoms with Crippen molar-refractivity contribution in [3.05, 3.63) is 42.5 Å². The lowest BCUT2D eigenvalue weighted by atomic mass is 10.0. The number of nitrogens with zero attached hydrogens (tertiary/aromatic N) is 2. The van der Waals surface area contributed by atoms with Crippen LogP contribution in [-0.2, 0) is 4.79 Å². The summed E-state index contributed by atoms with van der Waals surface area (Å²) in [7, 11) is 0. The van der Waals surface area contributed by atoms with Gasteiger partial charge in [-0.25, -0.2) is 4.98 Å². The Bertz CT molecular complexity index is 617. The molecule has 5 nitrogen and oxygen atoms in total. The van der Waals surface area contributed by atoms with Gasteiger partial charge in [0.2, 0.25) is 0 Å². The van der Waals surface area contributed by atoms with E-state index in [1.165, 1.54) is 6.20 Å². The Labute approximate surface area is 122 Å². The van der Waals surface area contributed by atoms with Gasteiger partial charge in [-0.15, -0.1) is 12.6 Å². The fourth-order valence-corrected chi connectivity index (χ4v) is 1.87. The van der Waals surface area contributed by atoms with Crippen LogP contribution in [0.4, 0.5) is 0 Å². The van der Waals surface area contributed by atoms with Gasteiger partial charge in [0, 0.05) is 17.3 Å². The highest BCUT2D eigenvalue weighted by Gasteiger charge is 2.28. The number of ether oxygens (including phenoxy) is 1. The van der Waals surface area contributed by atoms with Crippen LogP contribution in [0.15, 0.2) is 41.6 Å². The van der Waals surface area contributed by atoms with Gasteiger partial charge >= 0.3 is 0 Å². The number of aromatic amines is 1. The molecular formula is C14H13N3O2S. The lowest BCUT2D eigenvalue weighted by Gasteiger charge is -2.15. The van der Waals surface area contributed by atoms with Crippen LogP contribution < -0.4 is 4.74 Å². The third-order valence-corrected chi connectivity index (χ3v) is 3.05. The van der Waals surface area contributed by atoms with Gasteiger partial charge in [-0.3, -0.25) is 4.79 Å². The van der Waals surface area contributed by atoms with E-state index in [1.54, 1.807) is 37.4 Å². The Balaban J connectivity index is 2.08. The smallest absolute Gasteiger partial charge is 0.197 e. The van der Waals surface area contributed by atoms with Crippen molar-refractivity contribution >= 4 is 18.4 Å². The zero-order chi connectivity index (χ0) is 14.5. The van der Waals surface area contributed by atoms with E-state index in [-0.39, 0.29) is 5.78 Å². The van der Waals surface area contributed by atoms with Crippen LogP contribution in [0, 0.1) is 11.3 Å². The molecule has 1 aromatic heterocycles. The number of carbonyl (C=O) groups excluding carboxylic acids is 1. The standard InChI is InChI=1S/C14H13N3O2S/c1-9(19-10-2-4-11(20)5-3-10)13(18)12(8-15)14-16-6-7-17-14/h2-7,9,12,20H,1H3,(H,16,17). The fraction of sp³-hybridized carbons (Fsp3) is 0.214. The molecule has 2 unspecified atom stereocenters. The number of rotatable bonds is 5. The molecule has 0 amide bonds. The summed E-state index contributed by atoms with van der Waals surface area (Å²) in [6.07, 6.45) is 2.34. The van der Waals surface area contributed by atoms with Crippen LogP contribution in [-0.4, -0.2) is 21.9 Å². The molecule has 2 aromatic rings. The molecule has 0 saturated heterocycles. The van der Waals surface area contributed by atoms with Gasteiger partial charge in [-0.1, -0.05) is 0 Å². The van der Waals surface area contributed by atoms with E-state index in [2.05, 4.69) is 22.6 Å².